The Labute approximate surface area is 184 Å². The van der Waals surface area contributed by atoms with Crippen LogP contribution in [0, 0.1) is 0 Å². The number of ether oxygens (including phenoxy) is 3. The number of rotatable bonds is 10. The van der Waals surface area contributed by atoms with Crippen LogP contribution in [0.2, 0.25) is 0 Å². The van der Waals surface area contributed by atoms with Crippen LogP contribution in [-0.4, -0.2) is 39.9 Å². The molecule has 6 nitrogen and oxygen atoms in total. The Morgan fingerprint density at radius 1 is 1.00 bits per heavy atom. The zero-order valence-corrected chi connectivity index (χ0v) is 19.1. The van der Waals surface area contributed by atoms with E-state index in [1.165, 1.54) is 0 Å². The third-order valence-corrected chi connectivity index (χ3v) is 3.87. The second-order valence-electron chi connectivity index (χ2n) is 5.80. The molecule has 0 saturated heterocycles. The summed E-state index contributed by atoms with van der Waals surface area (Å²) >= 11 is 0. The molecule has 0 spiro atoms. The minimum Gasteiger partial charge on any atom is -0.493 e. The zero-order chi connectivity index (χ0) is 19.3. The van der Waals surface area contributed by atoms with Gasteiger partial charge in [-0.3, -0.25) is 4.99 Å². The number of guanidine groups is 1. The Morgan fingerprint density at radius 3 is 2.36 bits per heavy atom. The maximum Gasteiger partial charge on any atom is 0.191 e. The van der Waals surface area contributed by atoms with E-state index in [9.17, 15) is 0 Å². The number of hydrogen-bond acceptors (Lipinski definition) is 4. The number of benzene rings is 2. The van der Waals surface area contributed by atoms with Crippen molar-refractivity contribution in [3.05, 3.63) is 54.1 Å². The van der Waals surface area contributed by atoms with Crippen molar-refractivity contribution in [3.63, 3.8) is 0 Å². The smallest absolute Gasteiger partial charge is 0.191 e. The number of hydrogen-bond donors (Lipinski definition) is 2. The molecular formula is C21H30IN3O3. The largest absolute Gasteiger partial charge is 0.493 e. The van der Waals surface area contributed by atoms with Crippen LogP contribution in [0.1, 0.15) is 18.9 Å². The van der Waals surface area contributed by atoms with E-state index < -0.39 is 0 Å². The average molecular weight is 499 g/mol. The van der Waals surface area contributed by atoms with E-state index in [4.69, 9.17) is 14.2 Å². The van der Waals surface area contributed by atoms with E-state index in [1.807, 2.05) is 55.5 Å². The van der Waals surface area contributed by atoms with Crippen LogP contribution in [0.4, 0.5) is 0 Å². The van der Waals surface area contributed by atoms with Gasteiger partial charge >= 0.3 is 0 Å². The number of aliphatic imine (C=N–C) groups is 1. The van der Waals surface area contributed by atoms with Gasteiger partial charge in [0.2, 0.25) is 0 Å². The fourth-order valence-corrected chi connectivity index (χ4v) is 2.44. The molecule has 2 aromatic rings. The molecule has 0 aliphatic carbocycles. The maximum absolute atomic E-state index is 5.89. The summed E-state index contributed by atoms with van der Waals surface area (Å²) < 4.78 is 16.5. The van der Waals surface area contributed by atoms with Gasteiger partial charge in [0.05, 0.1) is 7.11 Å². The molecule has 2 N–H and O–H groups in total. The fourth-order valence-electron chi connectivity index (χ4n) is 2.44. The summed E-state index contributed by atoms with van der Waals surface area (Å²) in [5, 5.41) is 6.58. The molecule has 0 saturated carbocycles. The normalized spacial score (nSPS) is 10.8. The van der Waals surface area contributed by atoms with Crippen molar-refractivity contribution in [1.29, 1.82) is 0 Å². The molecule has 28 heavy (non-hydrogen) atoms. The summed E-state index contributed by atoms with van der Waals surface area (Å²) in [4.78, 5) is 4.23. The second-order valence-corrected chi connectivity index (χ2v) is 5.80. The number of para-hydroxylation sites is 2. The van der Waals surface area contributed by atoms with Crippen LogP contribution in [0.25, 0.3) is 0 Å². The van der Waals surface area contributed by atoms with E-state index in [1.54, 1.807) is 14.2 Å². The van der Waals surface area contributed by atoms with Crippen LogP contribution >= 0.6 is 24.0 Å². The van der Waals surface area contributed by atoms with Crippen LogP contribution in [-0.2, 0) is 11.3 Å². The Morgan fingerprint density at radius 2 is 1.71 bits per heavy atom. The van der Waals surface area contributed by atoms with Gasteiger partial charge in [0, 0.05) is 33.4 Å². The Hall–Kier alpha value is -2.00. The Balaban J connectivity index is 0.00000392. The van der Waals surface area contributed by atoms with Crippen molar-refractivity contribution >= 4 is 29.9 Å². The molecule has 0 amide bonds. The Bertz CT molecular complexity index is 708. The van der Waals surface area contributed by atoms with Crippen LogP contribution < -0.4 is 20.1 Å². The van der Waals surface area contributed by atoms with Crippen molar-refractivity contribution in [2.75, 3.05) is 33.9 Å². The number of methoxy groups -OCH3 is 1. The monoisotopic (exact) mass is 499 g/mol. The molecule has 2 aromatic carbocycles. The predicted octanol–water partition coefficient (Wildman–Crippen LogP) is 4.20. The molecule has 0 aromatic heterocycles. The van der Waals surface area contributed by atoms with Crippen molar-refractivity contribution < 1.29 is 14.2 Å². The predicted molar refractivity (Wildman–Crippen MR) is 124 cm³/mol. The molecular weight excluding hydrogens is 469 g/mol. The standard InChI is InChI=1S/C21H29N3O3.HI/c1-4-26-15-7-14-23-21(22-2)24-16-17-10-12-18(13-11-17)27-20-9-6-5-8-19(20)25-3;/h5-6,8-13H,4,7,14-16H2,1-3H3,(H2,22,23,24);1H. The van der Waals surface area contributed by atoms with Gasteiger partial charge in [-0.25, -0.2) is 0 Å². The highest BCUT2D eigenvalue weighted by atomic mass is 127. The molecule has 2 rings (SSSR count). The van der Waals surface area contributed by atoms with Gasteiger partial charge in [-0.2, -0.15) is 0 Å². The Kier molecular flexibility index (Phi) is 12.1. The SMILES string of the molecule is CCOCCCNC(=NC)NCc1ccc(Oc2ccccc2OC)cc1.I. The van der Waals surface area contributed by atoms with Gasteiger partial charge in [-0.1, -0.05) is 24.3 Å². The maximum atomic E-state index is 5.89. The van der Waals surface area contributed by atoms with E-state index >= 15 is 0 Å². The fraction of sp³-hybridized carbons (Fsp3) is 0.381. The van der Waals surface area contributed by atoms with Gasteiger partial charge in [-0.15, -0.1) is 24.0 Å². The minimum atomic E-state index is 0. The van der Waals surface area contributed by atoms with Crippen LogP contribution in [0.15, 0.2) is 53.5 Å². The van der Waals surface area contributed by atoms with Gasteiger partial charge in [-0.05, 0) is 43.2 Å². The quantitative estimate of drug-likeness (QED) is 0.222. The first kappa shape index (κ1) is 24.0. The lowest BCUT2D eigenvalue weighted by atomic mass is 10.2. The number of nitrogens with zero attached hydrogens (tertiary/aromatic N) is 1. The van der Waals surface area contributed by atoms with Crippen LogP contribution in [0.3, 0.4) is 0 Å². The van der Waals surface area contributed by atoms with Crippen molar-refractivity contribution in [2.24, 2.45) is 4.99 Å². The lowest BCUT2D eigenvalue weighted by molar-refractivity contribution is 0.145. The summed E-state index contributed by atoms with van der Waals surface area (Å²) in [5.41, 5.74) is 1.14. The van der Waals surface area contributed by atoms with Crippen molar-refractivity contribution in [3.8, 4) is 17.2 Å². The molecule has 154 valence electrons. The van der Waals surface area contributed by atoms with Crippen LogP contribution in [0.5, 0.6) is 17.2 Å². The van der Waals surface area contributed by atoms with E-state index in [0.717, 1.165) is 43.5 Å². The lowest BCUT2D eigenvalue weighted by Crippen LogP contribution is -2.37. The summed E-state index contributed by atoms with van der Waals surface area (Å²) in [6.07, 6.45) is 0.948. The molecule has 0 aliphatic rings. The molecule has 0 heterocycles. The first-order valence-corrected chi connectivity index (χ1v) is 9.19. The molecule has 0 atom stereocenters. The van der Waals surface area contributed by atoms with Crippen molar-refractivity contribution in [2.45, 2.75) is 19.9 Å². The van der Waals surface area contributed by atoms with E-state index in [2.05, 4.69) is 15.6 Å². The van der Waals surface area contributed by atoms with E-state index in [-0.39, 0.29) is 24.0 Å². The second kappa shape index (κ2) is 14.1. The highest BCUT2D eigenvalue weighted by molar-refractivity contribution is 14.0. The molecule has 0 unspecified atom stereocenters. The first-order chi connectivity index (χ1) is 13.3. The highest BCUT2D eigenvalue weighted by Crippen LogP contribution is 2.30. The lowest BCUT2D eigenvalue weighted by Gasteiger charge is -2.13. The molecule has 0 radical (unpaired) electrons. The minimum absolute atomic E-state index is 0. The van der Waals surface area contributed by atoms with Gasteiger partial charge in [0.25, 0.3) is 0 Å². The highest BCUT2D eigenvalue weighted by Gasteiger charge is 2.04. The topological polar surface area (TPSA) is 64.1 Å². The van der Waals surface area contributed by atoms with Gasteiger partial charge in [0.1, 0.15) is 5.75 Å². The van der Waals surface area contributed by atoms with E-state index in [0.29, 0.717) is 18.0 Å². The molecule has 0 aliphatic heterocycles. The van der Waals surface area contributed by atoms with Gasteiger partial charge in [0.15, 0.2) is 17.5 Å². The number of halogens is 1. The third-order valence-electron chi connectivity index (χ3n) is 3.87. The summed E-state index contributed by atoms with van der Waals surface area (Å²) in [5.74, 6) is 2.95. The molecule has 7 heteroatoms. The summed E-state index contributed by atoms with van der Waals surface area (Å²) in [6.45, 7) is 5.02. The van der Waals surface area contributed by atoms with Gasteiger partial charge < -0.3 is 24.8 Å². The van der Waals surface area contributed by atoms with Crippen molar-refractivity contribution in [1.82, 2.24) is 10.6 Å². The molecule has 0 fully saturated rings. The average Bonchev–Trinajstić information content (AvgIpc) is 2.71. The molecule has 0 bridgehead atoms. The summed E-state index contributed by atoms with van der Waals surface area (Å²) in [6, 6.07) is 15.5. The number of nitrogens with one attached hydrogen (secondary N) is 2. The third kappa shape index (κ3) is 8.35. The summed E-state index contributed by atoms with van der Waals surface area (Å²) in [7, 11) is 3.40. The zero-order valence-electron chi connectivity index (χ0n) is 16.7. The first-order valence-electron chi connectivity index (χ1n) is 9.19.